The van der Waals surface area contributed by atoms with E-state index in [-0.39, 0.29) is 18.8 Å². The van der Waals surface area contributed by atoms with Gasteiger partial charge in [-0.3, -0.25) is 14.4 Å². The molecule has 7 N–H and O–H groups in total. The van der Waals surface area contributed by atoms with E-state index in [0.717, 1.165) is 22.0 Å². The summed E-state index contributed by atoms with van der Waals surface area (Å²) in [4.78, 5) is 53.8. The highest BCUT2D eigenvalue weighted by atomic mass is 16.4. The number of aliphatic carboxylic acids is 1. The molecule has 2 aromatic carbocycles. The first-order valence-electron chi connectivity index (χ1n) is 13.1. The second-order valence-corrected chi connectivity index (χ2v) is 9.86. The lowest BCUT2D eigenvalue weighted by Gasteiger charge is -2.27. The van der Waals surface area contributed by atoms with Gasteiger partial charge in [-0.2, -0.15) is 0 Å². The topological polar surface area (TPSA) is 166 Å². The van der Waals surface area contributed by atoms with Crippen LogP contribution in [0.15, 0.2) is 60.8 Å². The van der Waals surface area contributed by atoms with Crippen LogP contribution in [0.1, 0.15) is 38.3 Å². The molecule has 0 bridgehead atoms. The molecule has 0 fully saturated rings. The highest BCUT2D eigenvalue weighted by Crippen LogP contribution is 2.19. The number of carboxylic acid groups (broad SMARTS) is 1. The molecule has 208 valence electrons. The summed E-state index contributed by atoms with van der Waals surface area (Å²) in [6.45, 7) is 5.16. The third-order valence-electron chi connectivity index (χ3n) is 6.89. The summed E-state index contributed by atoms with van der Waals surface area (Å²) >= 11 is 0. The zero-order valence-corrected chi connectivity index (χ0v) is 22.4. The van der Waals surface area contributed by atoms with Crippen molar-refractivity contribution in [2.24, 2.45) is 11.7 Å². The Balaban J connectivity index is 1.60. The van der Waals surface area contributed by atoms with E-state index in [1.54, 1.807) is 31.2 Å². The molecule has 3 rings (SSSR count). The number of aromatic nitrogens is 1. The Bertz CT molecular complexity index is 1290. The molecule has 10 nitrogen and oxygen atoms in total. The molecule has 0 aliphatic rings. The van der Waals surface area contributed by atoms with E-state index in [9.17, 15) is 24.3 Å². The average Bonchev–Trinajstić information content (AvgIpc) is 3.33. The van der Waals surface area contributed by atoms with Gasteiger partial charge in [0.05, 0.1) is 6.04 Å². The number of carbonyl (C=O) groups excluding carboxylic acids is 3. The van der Waals surface area contributed by atoms with Crippen LogP contribution in [0.25, 0.3) is 10.9 Å². The van der Waals surface area contributed by atoms with Crippen LogP contribution in [0.5, 0.6) is 0 Å². The molecule has 3 amide bonds. The fourth-order valence-electron chi connectivity index (χ4n) is 4.31. The highest BCUT2D eigenvalue weighted by Gasteiger charge is 2.31. The maximum Gasteiger partial charge on any atom is 0.326 e. The lowest BCUT2D eigenvalue weighted by Crippen LogP contribution is -2.58. The predicted molar refractivity (Wildman–Crippen MR) is 149 cm³/mol. The number of hydrogen-bond donors (Lipinski definition) is 6. The van der Waals surface area contributed by atoms with E-state index >= 15 is 0 Å². The SMILES string of the molecule is CCC(C)C(NC(=O)C(C)NC(=O)C(N)Cc1c[nH]c2ccccc12)C(=O)NC(Cc1ccccc1)C(=O)O. The zero-order valence-electron chi connectivity index (χ0n) is 22.4. The summed E-state index contributed by atoms with van der Waals surface area (Å²) in [5.74, 6) is -3.13. The van der Waals surface area contributed by atoms with E-state index in [0.29, 0.717) is 6.42 Å². The Kier molecular flexibility index (Phi) is 10.2. The Morgan fingerprint density at radius 3 is 2.21 bits per heavy atom. The smallest absolute Gasteiger partial charge is 0.326 e. The molecule has 39 heavy (non-hydrogen) atoms. The number of hydrogen-bond acceptors (Lipinski definition) is 5. The van der Waals surface area contributed by atoms with Gasteiger partial charge in [-0.05, 0) is 36.5 Å². The quantitative estimate of drug-likeness (QED) is 0.195. The molecule has 0 saturated heterocycles. The summed E-state index contributed by atoms with van der Waals surface area (Å²) in [6, 6.07) is 12.7. The van der Waals surface area contributed by atoms with Gasteiger partial charge >= 0.3 is 5.97 Å². The highest BCUT2D eigenvalue weighted by molar-refractivity contribution is 5.94. The van der Waals surface area contributed by atoms with Crippen LogP contribution in [0.2, 0.25) is 0 Å². The van der Waals surface area contributed by atoms with E-state index in [2.05, 4.69) is 20.9 Å². The van der Waals surface area contributed by atoms with Crippen molar-refractivity contribution in [3.05, 3.63) is 71.9 Å². The van der Waals surface area contributed by atoms with Crippen LogP contribution >= 0.6 is 0 Å². The molecule has 0 saturated carbocycles. The monoisotopic (exact) mass is 535 g/mol. The number of carboxylic acids is 1. The van der Waals surface area contributed by atoms with Crippen LogP contribution in [0.3, 0.4) is 0 Å². The Morgan fingerprint density at radius 1 is 0.872 bits per heavy atom. The lowest BCUT2D eigenvalue weighted by atomic mass is 9.97. The van der Waals surface area contributed by atoms with Crippen LogP contribution in [0, 0.1) is 5.92 Å². The number of rotatable bonds is 13. The number of nitrogens with two attached hydrogens (primary N) is 1. The summed E-state index contributed by atoms with van der Waals surface area (Å²) in [7, 11) is 0. The standard InChI is InChI=1S/C29H37N5O5/c1-4-17(2)25(28(37)33-24(29(38)39)14-19-10-6-5-7-11-19)34-26(35)18(3)32-27(36)22(30)15-20-16-31-23-13-9-8-12-21(20)23/h5-13,16-18,22,24-25,31H,4,14-15,30H2,1-3H3,(H,32,36)(H,33,37)(H,34,35)(H,38,39). The first-order valence-corrected chi connectivity index (χ1v) is 13.1. The van der Waals surface area contributed by atoms with E-state index < -0.39 is 47.9 Å². The van der Waals surface area contributed by atoms with Crippen molar-refractivity contribution in [3.8, 4) is 0 Å². The Morgan fingerprint density at radius 2 is 1.54 bits per heavy atom. The number of H-pyrrole nitrogens is 1. The van der Waals surface area contributed by atoms with Gasteiger partial charge in [0.25, 0.3) is 0 Å². The van der Waals surface area contributed by atoms with E-state index in [1.165, 1.54) is 6.92 Å². The van der Waals surface area contributed by atoms with Crippen molar-refractivity contribution in [2.45, 2.75) is 64.2 Å². The van der Waals surface area contributed by atoms with Crippen LogP contribution in [0.4, 0.5) is 0 Å². The average molecular weight is 536 g/mol. The molecule has 0 radical (unpaired) electrons. The number of nitrogens with one attached hydrogen (secondary N) is 4. The van der Waals surface area contributed by atoms with Crippen LogP contribution < -0.4 is 21.7 Å². The normalized spacial score (nSPS) is 15.0. The fourth-order valence-corrected chi connectivity index (χ4v) is 4.31. The third-order valence-corrected chi connectivity index (χ3v) is 6.89. The molecule has 5 unspecified atom stereocenters. The first-order chi connectivity index (χ1) is 18.6. The van der Waals surface area contributed by atoms with Crippen molar-refractivity contribution in [3.63, 3.8) is 0 Å². The molecule has 1 aromatic heterocycles. The van der Waals surface area contributed by atoms with Crippen molar-refractivity contribution in [1.29, 1.82) is 0 Å². The van der Waals surface area contributed by atoms with Gasteiger partial charge in [0.1, 0.15) is 18.1 Å². The molecule has 0 aliphatic heterocycles. The summed E-state index contributed by atoms with van der Waals surface area (Å²) in [5, 5.41) is 18.5. The maximum absolute atomic E-state index is 13.1. The second kappa shape index (κ2) is 13.6. The van der Waals surface area contributed by atoms with Gasteiger partial charge in [-0.25, -0.2) is 4.79 Å². The Hall–Kier alpha value is -4.18. The zero-order chi connectivity index (χ0) is 28.5. The van der Waals surface area contributed by atoms with Gasteiger partial charge in [0.2, 0.25) is 17.7 Å². The first kappa shape index (κ1) is 29.4. The summed E-state index contributed by atoms with van der Waals surface area (Å²) < 4.78 is 0. The van der Waals surface area contributed by atoms with Crippen molar-refractivity contribution in [1.82, 2.24) is 20.9 Å². The number of aromatic amines is 1. The summed E-state index contributed by atoms with van der Waals surface area (Å²) in [6.07, 6.45) is 2.75. The Labute approximate surface area is 227 Å². The molecule has 5 atom stereocenters. The lowest BCUT2D eigenvalue weighted by molar-refractivity contribution is -0.142. The number of fused-ring (bicyclic) bond motifs is 1. The summed E-state index contributed by atoms with van der Waals surface area (Å²) in [5.41, 5.74) is 8.73. The van der Waals surface area contributed by atoms with Gasteiger partial charge in [0.15, 0.2) is 0 Å². The van der Waals surface area contributed by atoms with Gasteiger partial charge < -0.3 is 31.8 Å². The van der Waals surface area contributed by atoms with Crippen molar-refractivity contribution >= 4 is 34.6 Å². The molecule has 1 heterocycles. The molecule has 0 spiro atoms. The minimum atomic E-state index is -1.17. The van der Waals surface area contributed by atoms with E-state index in [4.69, 9.17) is 5.73 Å². The minimum absolute atomic E-state index is 0.101. The number of carbonyl (C=O) groups is 4. The van der Waals surface area contributed by atoms with Gasteiger partial charge in [-0.15, -0.1) is 0 Å². The molecule has 10 heteroatoms. The van der Waals surface area contributed by atoms with Gasteiger partial charge in [0, 0.05) is 23.5 Å². The maximum atomic E-state index is 13.1. The second-order valence-electron chi connectivity index (χ2n) is 9.86. The van der Waals surface area contributed by atoms with Crippen LogP contribution in [-0.2, 0) is 32.0 Å². The third kappa shape index (κ3) is 7.90. The molecular weight excluding hydrogens is 498 g/mol. The van der Waals surface area contributed by atoms with Crippen molar-refractivity contribution < 1.29 is 24.3 Å². The fraction of sp³-hybridized carbons (Fsp3) is 0.379. The minimum Gasteiger partial charge on any atom is -0.480 e. The number of amides is 3. The molecule has 0 aliphatic carbocycles. The predicted octanol–water partition coefficient (Wildman–Crippen LogP) is 1.89. The molecule has 3 aromatic rings. The number of para-hydroxylation sites is 1. The molecular formula is C29H37N5O5. The largest absolute Gasteiger partial charge is 0.480 e. The van der Waals surface area contributed by atoms with E-state index in [1.807, 2.05) is 43.5 Å². The van der Waals surface area contributed by atoms with Gasteiger partial charge in [-0.1, -0.05) is 68.8 Å². The van der Waals surface area contributed by atoms with Crippen LogP contribution in [-0.4, -0.2) is 57.9 Å². The number of benzene rings is 2. The van der Waals surface area contributed by atoms with Crippen molar-refractivity contribution in [2.75, 3.05) is 0 Å².